The first-order valence-electron chi connectivity index (χ1n) is 6.95. The smallest absolute Gasteiger partial charge is 0.220 e. The first-order valence-corrected chi connectivity index (χ1v) is 6.95. The Hall–Kier alpha value is -0.650. The molecular weight excluding hydrogens is 230 g/mol. The number of carbonyl (C=O) groups excluding carboxylic acids is 1. The van der Waals surface area contributed by atoms with Gasteiger partial charge in [0.05, 0.1) is 13.2 Å². The van der Waals surface area contributed by atoms with Crippen LogP contribution in [-0.4, -0.2) is 56.2 Å². The Morgan fingerprint density at radius 3 is 2.67 bits per heavy atom. The standard InChI is InChI=1S/C13H27N3O2/c1-3-12(9-14)8-13(17)15-11(2)10-16-4-6-18-7-5-16/h11-12H,3-10,14H2,1-2H3,(H,15,17). The molecule has 1 rings (SSSR count). The van der Waals surface area contributed by atoms with Crippen LogP contribution in [0.15, 0.2) is 0 Å². The zero-order valence-corrected chi connectivity index (χ0v) is 11.7. The molecule has 0 bridgehead atoms. The van der Waals surface area contributed by atoms with Gasteiger partial charge in [0.2, 0.25) is 5.91 Å². The number of morpholine rings is 1. The number of nitrogens with one attached hydrogen (secondary N) is 1. The van der Waals surface area contributed by atoms with Gasteiger partial charge >= 0.3 is 0 Å². The lowest BCUT2D eigenvalue weighted by atomic mass is 10.0. The highest BCUT2D eigenvalue weighted by Crippen LogP contribution is 2.06. The minimum Gasteiger partial charge on any atom is -0.379 e. The summed E-state index contributed by atoms with van der Waals surface area (Å²) < 4.78 is 5.30. The predicted octanol–water partition coefficient (Wildman–Crippen LogP) is 0.198. The van der Waals surface area contributed by atoms with Crippen LogP contribution in [0.25, 0.3) is 0 Å². The van der Waals surface area contributed by atoms with Crippen LogP contribution in [0.1, 0.15) is 26.7 Å². The van der Waals surface area contributed by atoms with E-state index in [0.29, 0.717) is 18.9 Å². The molecule has 3 N–H and O–H groups in total. The maximum absolute atomic E-state index is 11.8. The molecule has 1 amide bonds. The molecule has 0 aromatic heterocycles. The predicted molar refractivity (Wildman–Crippen MR) is 72.3 cm³/mol. The molecule has 2 atom stereocenters. The van der Waals surface area contributed by atoms with E-state index >= 15 is 0 Å². The Labute approximate surface area is 110 Å². The maximum atomic E-state index is 11.8. The lowest BCUT2D eigenvalue weighted by Gasteiger charge is -2.29. The van der Waals surface area contributed by atoms with Gasteiger partial charge in [-0.2, -0.15) is 0 Å². The molecule has 1 aliphatic rings. The van der Waals surface area contributed by atoms with Crippen LogP contribution in [0.4, 0.5) is 0 Å². The first kappa shape index (κ1) is 15.4. The highest BCUT2D eigenvalue weighted by atomic mass is 16.5. The number of hydrogen-bond acceptors (Lipinski definition) is 4. The van der Waals surface area contributed by atoms with Crippen molar-refractivity contribution in [2.75, 3.05) is 39.4 Å². The summed E-state index contributed by atoms with van der Waals surface area (Å²) >= 11 is 0. The van der Waals surface area contributed by atoms with E-state index in [4.69, 9.17) is 10.5 Å². The molecule has 0 aromatic carbocycles. The molecule has 106 valence electrons. The van der Waals surface area contributed by atoms with Gasteiger partial charge in [-0.05, 0) is 19.4 Å². The lowest BCUT2D eigenvalue weighted by Crippen LogP contribution is -2.46. The Balaban J connectivity index is 2.21. The molecule has 0 spiro atoms. The molecule has 5 nitrogen and oxygen atoms in total. The van der Waals surface area contributed by atoms with Crippen molar-refractivity contribution in [3.63, 3.8) is 0 Å². The summed E-state index contributed by atoms with van der Waals surface area (Å²) in [4.78, 5) is 14.1. The van der Waals surface area contributed by atoms with Crippen molar-refractivity contribution < 1.29 is 9.53 Å². The van der Waals surface area contributed by atoms with Crippen LogP contribution in [0.3, 0.4) is 0 Å². The van der Waals surface area contributed by atoms with Gasteiger partial charge in [-0.1, -0.05) is 13.3 Å². The summed E-state index contributed by atoms with van der Waals surface area (Å²) in [6.45, 7) is 9.12. The number of amides is 1. The van der Waals surface area contributed by atoms with Crippen molar-refractivity contribution in [1.82, 2.24) is 10.2 Å². The minimum atomic E-state index is 0.119. The Morgan fingerprint density at radius 2 is 2.11 bits per heavy atom. The number of rotatable bonds is 7. The zero-order valence-electron chi connectivity index (χ0n) is 11.7. The van der Waals surface area contributed by atoms with E-state index in [1.165, 1.54) is 0 Å². The summed E-state index contributed by atoms with van der Waals surface area (Å²) in [6.07, 6.45) is 1.50. The van der Waals surface area contributed by atoms with Crippen LogP contribution >= 0.6 is 0 Å². The van der Waals surface area contributed by atoms with E-state index in [2.05, 4.69) is 24.1 Å². The molecule has 5 heteroatoms. The van der Waals surface area contributed by atoms with Gasteiger partial charge in [-0.25, -0.2) is 0 Å². The molecule has 18 heavy (non-hydrogen) atoms. The summed E-state index contributed by atoms with van der Waals surface area (Å²) in [5.41, 5.74) is 5.61. The monoisotopic (exact) mass is 257 g/mol. The van der Waals surface area contributed by atoms with E-state index in [-0.39, 0.29) is 11.9 Å². The molecule has 1 heterocycles. The topological polar surface area (TPSA) is 67.6 Å². The van der Waals surface area contributed by atoms with E-state index in [0.717, 1.165) is 39.3 Å². The van der Waals surface area contributed by atoms with Crippen LogP contribution < -0.4 is 11.1 Å². The van der Waals surface area contributed by atoms with Crippen molar-refractivity contribution in [2.24, 2.45) is 11.7 Å². The van der Waals surface area contributed by atoms with E-state index in [9.17, 15) is 4.79 Å². The fourth-order valence-corrected chi connectivity index (χ4v) is 2.21. The highest BCUT2D eigenvalue weighted by Gasteiger charge is 2.16. The number of hydrogen-bond donors (Lipinski definition) is 2. The van der Waals surface area contributed by atoms with Crippen molar-refractivity contribution in [3.05, 3.63) is 0 Å². The molecule has 0 radical (unpaired) electrons. The average Bonchev–Trinajstić information content (AvgIpc) is 2.36. The third-order valence-corrected chi connectivity index (χ3v) is 3.43. The number of nitrogens with two attached hydrogens (primary N) is 1. The van der Waals surface area contributed by atoms with E-state index < -0.39 is 0 Å². The Kier molecular flexibility index (Phi) is 7.23. The third kappa shape index (κ3) is 5.80. The van der Waals surface area contributed by atoms with Gasteiger partial charge in [0, 0.05) is 32.1 Å². The molecule has 1 saturated heterocycles. The summed E-state index contributed by atoms with van der Waals surface area (Å²) in [5.74, 6) is 0.425. The fourth-order valence-electron chi connectivity index (χ4n) is 2.21. The fraction of sp³-hybridized carbons (Fsp3) is 0.923. The second-order valence-corrected chi connectivity index (χ2v) is 5.10. The molecule has 0 aromatic rings. The van der Waals surface area contributed by atoms with Gasteiger partial charge < -0.3 is 15.8 Å². The SMILES string of the molecule is CCC(CN)CC(=O)NC(C)CN1CCOCC1. The van der Waals surface area contributed by atoms with Gasteiger partial charge in [-0.3, -0.25) is 9.69 Å². The van der Waals surface area contributed by atoms with Crippen LogP contribution in [-0.2, 0) is 9.53 Å². The van der Waals surface area contributed by atoms with Crippen LogP contribution in [0, 0.1) is 5.92 Å². The number of carbonyl (C=O) groups is 1. The van der Waals surface area contributed by atoms with Crippen molar-refractivity contribution in [3.8, 4) is 0 Å². The Morgan fingerprint density at radius 1 is 1.44 bits per heavy atom. The third-order valence-electron chi connectivity index (χ3n) is 3.43. The molecule has 2 unspecified atom stereocenters. The molecule has 0 aliphatic carbocycles. The number of ether oxygens (including phenoxy) is 1. The van der Waals surface area contributed by atoms with Gasteiger partial charge in [0.15, 0.2) is 0 Å². The van der Waals surface area contributed by atoms with Crippen molar-refractivity contribution in [1.29, 1.82) is 0 Å². The van der Waals surface area contributed by atoms with Crippen molar-refractivity contribution in [2.45, 2.75) is 32.7 Å². The summed E-state index contributed by atoms with van der Waals surface area (Å²) in [5, 5.41) is 3.05. The largest absolute Gasteiger partial charge is 0.379 e. The molecular formula is C13H27N3O2. The molecule has 1 fully saturated rings. The normalized spacial score (nSPS) is 20.4. The van der Waals surface area contributed by atoms with Crippen LogP contribution in [0.5, 0.6) is 0 Å². The van der Waals surface area contributed by atoms with Gasteiger partial charge in [0.1, 0.15) is 0 Å². The zero-order chi connectivity index (χ0) is 13.4. The quantitative estimate of drug-likeness (QED) is 0.683. The van der Waals surface area contributed by atoms with Gasteiger partial charge in [-0.15, -0.1) is 0 Å². The summed E-state index contributed by atoms with van der Waals surface area (Å²) in [7, 11) is 0. The number of nitrogens with zero attached hydrogens (tertiary/aromatic N) is 1. The maximum Gasteiger partial charge on any atom is 0.220 e. The van der Waals surface area contributed by atoms with E-state index in [1.54, 1.807) is 0 Å². The second-order valence-electron chi connectivity index (χ2n) is 5.10. The molecule has 1 aliphatic heterocycles. The lowest BCUT2D eigenvalue weighted by molar-refractivity contribution is -0.122. The van der Waals surface area contributed by atoms with Crippen molar-refractivity contribution >= 4 is 5.91 Å². The average molecular weight is 257 g/mol. The molecule has 0 saturated carbocycles. The second kappa shape index (κ2) is 8.45. The summed E-state index contributed by atoms with van der Waals surface area (Å²) in [6, 6.07) is 0.186. The van der Waals surface area contributed by atoms with Gasteiger partial charge in [0.25, 0.3) is 0 Å². The first-order chi connectivity index (χ1) is 8.65. The Bertz CT molecular complexity index is 238. The van der Waals surface area contributed by atoms with Crippen LogP contribution in [0.2, 0.25) is 0 Å². The minimum absolute atomic E-state index is 0.119. The van der Waals surface area contributed by atoms with E-state index in [1.807, 2.05) is 0 Å². The highest BCUT2D eigenvalue weighted by molar-refractivity contribution is 5.76.